The summed E-state index contributed by atoms with van der Waals surface area (Å²) in [4.78, 5) is 25.8. The molecule has 0 aliphatic heterocycles. The lowest BCUT2D eigenvalue weighted by Crippen LogP contribution is -2.20. The van der Waals surface area contributed by atoms with Gasteiger partial charge in [-0.15, -0.1) is 0 Å². The van der Waals surface area contributed by atoms with Crippen LogP contribution in [0.2, 0.25) is 0 Å². The Labute approximate surface area is 357 Å². The average Bonchev–Trinajstić information content (AvgIpc) is 3.19. The van der Waals surface area contributed by atoms with Crippen molar-refractivity contribution in [3.05, 3.63) is 140 Å². The molecule has 318 valence electrons. The predicted octanol–water partition coefficient (Wildman–Crippen LogP) is 17.6. The third-order valence-electron chi connectivity index (χ3n) is 12.0. The summed E-state index contributed by atoms with van der Waals surface area (Å²) in [5.41, 5.74) is 14.2. The molecule has 1 aromatic rings. The van der Waals surface area contributed by atoms with Gasteiger partial charge >= 0.3 is 0 Å². The van der Waals surface area contributed by atoms with Crippen LogP contribution >= 0.6 is 0 Å². The summed E-state index contributed by atoms with van der Waals surface area (Å²) in [6, 6.07) is 7.18. The SMILES string of the molecule is CCC(C)=CCCC(C)=CCCC(C)=CCCC(C)=CCCC(C)=CCCC(C)=CCCC(C)=CC[C@H](C)CCCC(C)=CCC1=C(C)C(=O)c2ccccc2C1=O. The van der Waals surface area contributed by atoms with E-state index in [1.54, 1.807) is 19.1 Å². The number of carbonyl (C=O) groups is 2. The lowest BCUT2D eigenvalue weighted by atomic mass is 9.83. The maximum Gasteiger partial charge on any atom is 0.190 e. The fourth-order valence-corrected chi connectivity index (χ4v) is 7.46. The van der Waals surface area contributed by atoms with E-state index >= 15 is 0 Å². The number of benzene rings is 1. The van der Waals surface area contributed by atoms with Crippen molar-refractivity contribution in [3.63, 3.8) is 0 Å². The largest absolute Gasteiger partial charge is 0.289 e. The van der Waals surface area contributed by atoms with Crippen molar-refractivity contribution < 1.29 is 9.59 Å². The van der Waals surface area contributed by atoms with Crippen LogP contribution in [0, 0.1) is 5.92 Å². The quantitative estimate of drug-likeness (QED) is 0.0833. The van der Waals surface area contributed by atoms with E-state index in [1.807, 2.05) is 12.1 Å². The lowest BCUT2D eigenvalue weighted by molar-refractivity contribution is 0.0973. The molecule has 1 aromatic carbocycles. The summed E-state index contributed by atoms with van der Waals surface area (Å²) in [5.74, 6) is 0.638. The summed E-state index contributed by atoms with van der Waals surface area (Å²) in [7, 11) is 0. The highest BCUT2D eigenvalue weighted by Crippen LogP contribution is 2.29. The van der Waals surface area contributed by atoms with Gasteiger partial charge in [0.1, 0.15) is 0 Å². The summed E-state index contributed by atoms with van der Waals surface area (Å²) >= 11 is 0. The second-order valence-corrected chi connectivity index (χ2v) is 17.7. The van der Waals surface area contributed by atoms with Gasteiger partial charge in [0.05, 0.1) is 0 Å². The molecule has 0 bridgehead atoms. The molecular formula is C56H82O2. The molecule has 2 nitrogen and oxygen atoms in total. The molecule has 1 aliphatic carbocycles. The molecule has 2 heteroatoms. The molecule has 0 fully saturated rings. The van der Waals surface area contributed by atoms with Gasteiger partial charge in [0, 0.05) is 22.3 Å². The molecular weight excluding hydrogens is 705 g/mol. The first-order chi connectivity index (χ1) is 27.7. The predicted molar refractivity (Wildman–Crippen MR) is 256 cm³/mol. The van der Waals surface area contributed by atoms with Gasteiger partial charge in [0.25, 0.3) is 0 Å². The Balaban J connectivity index is 1.59. The molecule has 0 radical (unpaired) electrons. The Morgan fingerprint density at radius 2 is 0.862 bits per heavy atom. The van der Waals surface area contributed by atoms with Crippen LogP contribution in [0.3, 0.4) is 0 Å². The Morgan fingerprint density at radius 1 is 0.500 bits per heavy atom. The first-order valence-electron chi connectivity index (χ1n) is 22.8. The molecule has 0 saturated heterocycles. The number of rotatable bonds is 27. The van der Waals surface area contributed by atoms with Crippen molar-refractivity contribution in [2.45, 2.75) is 192 Å². The van der Waals surface area contributed by atoms with Crippen molar-refractivity contribution >= 4 is 11.6 Å². The highest BCUT2D eigenvalue weighted by atomic mass is 16.1. The second kappa shape index (κ2) is 28.6. The molecule has 2 rings (SSSR count). The number of allylic oxidation sites excluding steroid dienone is 18. The Kier molecular flexibility index (Phi) is 24.8. The average molecular weight is 787 g/mol. The van der Waals surface area contributed by atoms with Gasteiger partial charge in [-0.05, 0) is 177 Å². The molecule has 0 N–H and O–H groups in total. The summed E-state index contributed by atoms with van der Waals surface area (Å²) in [6.45, 7) is 24.5. The van der Waals surface area contributed by atoms with Crippen LogP contribution in [0.4, 0.5) is 0 Å². The molecule has 1 aliphatic rings. The van der Waals surface area contributed by atoms with Crippen molar-refractivity contribution in [2.24, 2.45) is 5.92 Å². The Morgan fingerprint density at radius 3 is 1.28 bits per heavy atom. The maximum absolute atomic E-state index is 13.1. The Bertz CT molecular complexity index is 1750. The fourth-order valence-electron chi connectivity index (χ4n) is 7.46. The van der Waals surface area contributed by atoms with E-state index in [9.17, 15) is 9.59 Å². The molecule has 58 heavy (non-hydrogen) atoms. The van der Waals surface area contributed by atoms with Crippen molar-refractivity contribution in [1.29, 1.82) is 0 Å². The number of Topliss-reactive ketones (excluding diaryl/α,β-unsaturated/α-hetero) is 2. The van der Waals surface area contributed by atoms with E-state index in [-0.39, 0.29) is 11.6 Å². The van der Waals surface area contributed by atoms with Gasteiger partial charge in [-0.1, -0.05) is 138 Å². The fraction of sp³-hybridized carbons (Fsp3) is 0.536. The molecule has 0 saturated carbocycles. The number of fused-ring (bicyclic) bond motifs is 1. The van der Waals surface area contributed by atoms with Gasteiger partial charge in [-0.3, -0.25) is 9.59 Å². The van der Waals surface area contributed by atoms with Gasteiger partial charge in [0.15, 0.2) is 11.6 Å². The third kappa shape index (κ3) is 20.8. The number of carbonyl (C=O) groups excluding carboxylic acids is 2. The minimum absolute atomic E-state index is 0.00115. The molecule has 0 unspecified atom stereocenters. The first-order valence-corrected chi connectivity index (χ1v) is 22.8. The highest BCUT2D eigenvalue weighted by molar-refractivity contribution is 6.26. The van der Waals surface area contributed by atoms with E-state index in [0.29, 0.717) is 34.6 Å². The molecule has 0 amide bonds. The Hall–Kier alpha value is -3.78. The summed E-state index contributed by atoms with van der Waals surface area (Å²) < 4.78 is 0. The van der Waals surface area contributed by atoms with Gasteiger partial charge < -0.3 is 0 Å². The number of hydrogen-bond acceptors (Lipinski definition) is 2. The minimum Gasteiger partial charge on any atom is -0.289 e. The topological polar surface area (TPSA) is 34.1 Å². The first kappa shape index (κ1) is 50.4. The second-order valence-electron chi connectivity index (χ2n) is 17.7. The number of hydrogen-bond donors (Lipinski definition) is 0. The van der Waals surface area contributed by atoms with Crippen LogP contribution in [0.25, 0.3) is 0 Å². The minimum atomic E-state index is -0.0154. The van der Waals surface area contributed by atoms with Crippen molar-refractivity contribution in [1.82, 2.24) is 0 Å². The smallest absolute Gasteiger partial charge is 0.190 e. The highest BCUT2D eigenvalue weighted by Gasteiger charge is 2.28. The van der Waals surface area contributed by atoms with E-state index in [0.717, 1.165) is 77.0 Å². The molecule has 0 spiro atoms. The van der Waals surface area contributed by atoms with E-state index < -0.39 is 0 Å². The van der Waals surface area contributed by atoms with E-state index in [4.69, 9.17) is 0 Å². The monoisotopic (exact) mass is 787 g/mol. The van der Waals surface area contributed by atoms with Gasteiger partial charge in [-0.25, -0.2) is 0 Å². The third-order valence-corrected chi connectivity index (χ3v) is 12.0. The van der Waals surface area contributed by atoms with Gasteiger partial charge in [-0.2, -0.15) is 0 Å². The maximum atomic E-state index is 13.1. The van der Waals surface area contributed by atoms with Crippen LogP contribution in [0.15, 0.2) is 129 Å². The van der Waals surface area contributed by atoms with Crippen molar-refractivity contribution in [3.8, 4) is 0 Å². The van der Waals surface area contributed by atoms with Crippen LogP contribution in [0.1, 0.15) is 212 Å². The standard InChI is InChI=1S/C56H82O2/c1-12-42(2)22-15-23-43(3)24-16-25-44(4)26-17-27-45(5)28-18-29-46(6)30-19-31-47(7)32-20-33-48(8)38-39-49(9)34-21-35-50(10)40-41-52-51(11)55(57)53-36-13-14-37-54(53)56(52)58/h13-14,22,24,26,28,30,32,36-38,40,49H,12,15-21,23,25,27,29,31,33-35,39,41H2,1-11H3/t49-/m1/s1. The zero-order valence-electron chi connectivity index (χ0n) is 39.0. The number of ketones is 2. The van der Waals surface area contributed by atoms with E-state index in [1.165, 1.54) is 76.7 Å². The van der Waals surface area contributed by atoms with Crippen LogP contribution in [-0.4, -0.2) is 11.6 Å². The molecule has 1 atom stereocenters. The zero-order chi connectivity index (χ0) is 42.9. The normalized spacial score (nSPS) is 16.1. The molecule has 0 aromatic heterocycles. The lowest BCUT2D eigenvalue weighted by Gasteiger charge is -2.18. The van der Waals surface area contributed by atoms with Crippen LogP contribution in [0.5, 0.6) is 0 Å². The van der Waals surface area contributed by atoms with Gasteiger partial charge in [0.2, 0.25) is 0 Å². The van der Waals surface area contributed by atoms with Crippen molar-refractivity contribution in [2.75, 3.05) is 0 Å². The van der Waals surface area contributed by atoms with Crippen LogP contribution in [-0.2, 0) is 0 Å². The summed E-state index contributed by atoms with van der Waals surface area (Å²) in [6.07, 6.45) is 39.3. The zero-order valence-corrected chi connectivity index (χ0v) is 39.0. The summed E-state index contributed by atoms with van der Waals surface area (Å²) in [5, 5.41) is 0. The van der Waals surface area contributed by atoms with E-state index in [2.05, 4.69) is 118 Å². The molecule has 0 heterocycles. The van der Waals surface area contributed by atoms with Crippen LogP contribution < -0.4 is 0 Å².